The van der Waals surface area contributed by atoms with Gasteiger partial charge in [-0.2, -0.15) is 5.10 Å². The van der Waals surface area contributed by atoms with Crippen LogP contribution < -0.4 is 9.73 Å². The Labute approximate surface area is 188 Å². The number of hydrogen-bond acceptors (Lipinski definition) is 4. The van der Waals surface area contributed by atoms with Gasteiger partial charge in [-0.05, 0) is 49.4 Å². The lowest BCUT2D eigenvalue weighted by atomic mass is 10.2. The number of nitrogens with one attached hydrogen (secondary N) is 1. The van der Waals surface area contributed by atoms with Crippen molar-refractivity contribution in [2.45, 2.75) is 11.8 Å². The molecule has 0 aliphatic carbocycles. The Balaban J connectivity index is 1.84. The van der Waals surface area contributed by atoms with Crippen molar-refractivity contribution in [1.82, 2.24) is 5.43 Å². The largest absolute Gasteiger partial charge is 0.271 e. The van der Waals surface area contributed by atoms with Gasteiger partial charge in [0.25, 0.3) is 15.9 Å². The van der Waals surface area contributed by atoms with E-state index in [-0.39, 0.29) is 4.90 Å². The molecule has 0 unspecified atom stereocenters. The van der Waals surface area contributed by atoms with E-state index in [9.17, 15) is 17.6 Å². The van der Waals surface area contributed by atoms with Crippen LogP contribution in [0.5, 0.6) is 0 Å². The first kappa shape index (κ1) is 22.6. The number of sulfonamides is 1. The molecule has 0 aliphatic heterocycles. The highest BCUT2D eigenvalue weighted by atomic mass is 79.9. The molecule has 0 spiro atoms. The minimum atomic E-state index is -4.12. The normalized spacial score (nSPS) is 11.5. The van der Waals surface area contributed by atoms with Crippen molar-refractivity contribution in [1.29, 1.82) is 0 Å². The minimum Gasteiger partial charge on any atom is -0.271 e. The van der Waals surface area contributed by atoms with Gasteiger partial charge < -0.3 is 0 Å². The Hall–Kier alpha value is -3.04. The summed E-state index contributed by atoms with van der Waals surface area (Å²) in [6.07, 6.45) is 1.45. The molecule has 3 rings (SSSR count). The Bertz CT molecular complexity index is 1200. The lowest BCUT2D eigenvalue weighted by Gasteiger charge is -2.23. The van der Waals surface area contributed by atoms with Gasteiger partial charge in [-0.3, -0.25) is 9.10 Å². The van der Waals surface area contributed by atoms with E-state index < -0.39 is 28.3 Å². The van der Waals surface area contributed by atoms with Crippen LogP contribution in [0, 0.1) is 12.7 Å². The number of benzene rings is 3. The van der Waals surface area contributed by atoms with Crippen LogP contribution in [0.2, 0.25) is 0 Å². The van der Waals surface area contributed by atoms with E-state index in [2.05, 4.69) is 26.5 Å². The fraction of sp³-hybridized carbons (Fsp3) is 0.0909. The summed E-state index contributed by atoms with van der Waals surface area (Å²) in [4.78, 5) is 12.4. The molecule has 0 radical (unpaired) electrons. The summed E-state index contributed by atoms with van der Waals surface area (Å²) in [6.45, 7) is 1.36. The lowest BCUT2D eigenvalue weighted by molar-refractivity contribution is -0.119. The molecule has 0 saturated carbocycles. The second kappa shape index (κ2) is 9.84. The van der Waals surface area contributed by atoms with Crippen LogP contribution in [0.3, 0.4) is 0 Å². The summed E-state index contributed by atoms with van der Waals surface area (Å²) in [5.74, 6) is -1.19. The lowest BCUT2D eigenvalue weighted by Crippen LogP contribution is -2.39. The molecule has 0 saturated heterocycles. The number of aryl methyl sites for hydroxylation is 1. The maximum atomic E-state index is 13.3. The quantitative estimate of drug-likeness (QED) is 0.386. The molecule has 0 heterocycles. The molecule has 6 nitrogen and oxygen atoms in total. The zero-order chi connectivity index (χ0) is 22.4. The van der Waals surface area contributed by atoms with Crippen molar-refractivity contribution in [3.8, 4) is 0 Å². The summed E-state index contributed by atoms with van der Waals surface area (Å²) < 4.78 is 41.4. The summed E-state index contributed by atoms with van der Waals surface area (Å²) in [5.41, 5.74) is 4.33. The van der Waals surface area contributed by atoms with Crippen LogP contribution in [-0.2, 0) is 14.8 Å². The molecular weight excluding hydrogens is 485 g/mol. The Morgan fingerprint density at radius 3 is 2.35 bits per heavy atom. The zero-order valence-electron chi connectivity index (χ0n) is 16.5. The van der Waals surface area contributed by atoms with Crippen molar-refractivity contribution in [3.63, 3.8) is 0 Å². The molecule has 0 bridgehead atoms. The van der Waals surface area contributed by atoms with Crippen molar-refractivity contribution in [3.05, 3.63) is 94.2 Å². The molecular formula is C22H19BrFN3O3S. The number of carbonyl (C=O) groups excluding carboxylic acids is 1. The highest BCUT2D eigenvalue weighted by Gasteiger charge is 2.27. The number of nitrogens with zero attached hydrogens (tertiary/aromatic N) is 2. The number of rotatable bonds is 7. The van der Waals surface area contributed by atoms with Crippen LogP contribution >= 0.6 is 15.9 Å². The summed E-state index contributed by atoms with van der Waals surface area (Å²) in [7, 11) is -4.12. The maximum Gasteiger partial charge on any atom is 0.264 e. The second-order valence-electron chi connectivity index (χ2n) is 6.62. The second-order valence-corrected chi connectivity index (χ2v) is 9.33. The van der Waals surface area contributed by atoms with E-state index in [4.69, 9.17) is 0 Å². The summed E-state index contributed by atoms with van der Waals surface area (Å²) in [6, 6.07) is 18.4. The Morgan fingerprint density at radius 1 is 1.06 bits per heavy atom. The van der Waals surface area contributed by atoms with Gasteiger partial charge in [-0.15, -0.1) is 0 Å². The van der Waals surface area contributed by atoms with Crippen LogP contribution in [-0.4, -0.2) is 27.1 Å². The van der Waals surface area contributed by atoms with Crippen LogP contribution in [0.1, 0.15) is 11.1 Å². The van der Waals surface area contributed by atoms with Gasteiger partial charge in [0, 0.05) is 10.0 Å². The SMILES string of the molecule is Cc1ccc(N(CC(=O)N/N=C\c2ccccc2Br)S(=O)(=O)c2ccc(F)cc2)cc1. The third kappa shape index (κ3) is 5.77. The molecule has 0 aliphatic rings. The van der Waals surface area contributed by atoms with Crippen LogP contribution in [0.4, 0.5) is 10.1 Å². The van der Waals surface area contributed by atoms with Gasteiger partial charge in [-0.25, -0.2) is 18.2 Å². The van der Waals surface area contributed by atoms with E-state index >= 15 is 0 Å². The fourth-order valence-corrected chi connectivity index (χ4v) is 4.49. The van der Waals surface area contributed by atoms with E-state index in [0.717, 1.165) is 44.2 Å². The van der Waals surface area contributed by atoms with Crippen molar-refractivity contribution >= 4 is 43.8 Å². The van der Waals surface area contributed by atoms with Gasteiger partial charge in [0.1, 0.15) is 12.4 Å². The maximum absolute atomic E-state index is 13.3. The topological polar surface area (TPSA) is 78.8 Å². The number of hydrogen-bond donors (Lipinski definition) is 1. The zero-order valence-corrected chi connectivity index (χ0v) is 18.9. The van der Waals surface area contributed by atoms with E-state index in [1.807, 2.05) is 25.1 Å². The van der Waals surface area contributed by atoms with E-state index in [0.29, 0.717) is 5.69 Å². The average molecular weight is 504 g/mol. The van der Waals surface area contributed by atoms with E-state index in [1.165, 1.54) is 6.21 Å². The van der Waals surface area contributed by atoms with Gasteiger partial charge in [0.2, 0.25) is 0 Å². The number of hydrazone groups is 1. The predicted molar refractivity (Wildman–Crippen MR) is 122 cm³/mol. The molecule has 1 amide bonds. The van der Waals surface area contributed by atoms with Gasteiger partial charge in [-0.1, -0.05) is 51.8 Å². The van der Waals surface area contributed by atoms with Crippen molar-refractivity contribution < 1.29 is 17.6 Å². The Kier molecular flexibility index (Phi) is 7.19. The average Bonchev–Trinajstić information content (AvgIpc) is 2.74. The monoisotopic (exact) mass is 503 g/mol. The molecule has 3 aromatic carbocycles. The highest BCUT2D eigenvalue weighted by Crippen LogP contribution is 2.24. The van der Waals surface area contributed by atoms with Gasteiger partial charge in [0.05, 0.1) is 16.8 Å². The molecule has 1 N–H and O–H groups in total. The third-order valence-electron chi connectivity index (χ3n) is 4.31. The van der Waals surface area contributed by atoms with Crippen molar-refractivity contribution in [2.75, 3.05) is 10.8 Å². The number of halogens is 2. The third-order valence-corrected chi connectivity index (χ3v) is 6.82. The first-order valence-electron chi connectivity index (χ1n) is 9.19. The summed E-state index contributed by atoms with van der Waals surface area (Å²) in [5, 5.41) is 3.90. The molecule has 0 aromatic heterocycles. The standard InChI is InChI=1S/C22H19BrFN3O3S/c1-16-6-10-19(11-7-16)27(31(29,30)20-12-8-18(24)9-13-20)15-22(28)26-25-14-17-4-2-3-5-21(17)23/h2-14H,15H2,1H3,(H,26,28)/b25-14-. The summed E-state index contributed by atoms with van der Waals surface area (Å²) >= 11 is 3.38. The minimum absolute atomic E-state index is 0.126. The van der Waals surface area contributed by atoms with Gasteiger partial charge >= 0.3 is 0 Å². The predicted octanol–water partition coefficient (Wildman–Crippen LogP) is 4.24. The molecule has 31 heavy (non-hydrogen) atoms. The molecule has 3 aromatic rings. The number of anilines is 1. The molecule has 0 atom stereocenters. The van der Waals surface area contributed by atoms with Crippen LogP contribution in [0.15, 0.2) is 87.3 Å². The van der Waals surface area contributed by atoms with Gasteiger partial charge in [0.15, 0.2) is 0 Å². The fourth-order valence-electron chi connectivity index (χ4n) is 2.68. The van der Waals surface area contributed by atoms with Crippen LogP contribution in [0.25, 0.3) is 0 Å². The smallest absolute Gasteiger partial charge is 0.264 e. The molecule has 160 valence electrons. The highest BCUT2D eigenvalue weighted by molar-refractivity contribution is 9.10. The first-order valence-corrected chi connectivity index (χ1v) is 11.4. The number of carbonyl (C=O) groups is 1. The first-order chi connectivity index (χ1) is 14.8. The van der Waals surface area contributed by atoms with E-state index in [1.54, 1.807) is 30.3 Å². The van der Waals surface area contributed by atoms with Crippen molar-refractivity contribution in [2.24, 2.45) is 5.10 Å². The number of amides is 1. The Morgan fingerprint density at radius 2 is 1.71 bits per heavy atom. The molecule has 0 fully saturated rings. The molecule has 9 heteroatoms.